The van der Waals surface area contributed by atoms with Gasteiger partial charge in [0, 0.05) is 22.5 Å². The van der Waals surface area contributed by atoms with E-state index in [0.29, 0.717) is 24.2 Å². The second-order valence-corrected chi connectivity index (χ2v) is 8.36. The lowest BCUT2D eigenvalue weighted by Crippen LogP contribution is -2.45. The number of thiocarbonyl (C=S) groups is 1. The van der Waals surface area contributed by atoms with Gasteiger partial charge in [-0.15, -0.1) is 0 Å². The average Bonchev–Trinajstić information content (AvgIpc) is 3.38. The van der Waals surface area contributed by atoms with E-state index in [-0.39, 0.29) is 5.56 Å². The number of fused-ring (bicyclic) bond motifs is 1. The lowest BCUT2D eigenvalue weighted by molar-refractivity contribution is 0.301. The van der Waals surface area contributed by atoms with Crippen LogP contribution < -0.4 is 10.9 Å². The molecular weight excluding hydrogens is 382 g/mol. The summed E-state index contributed by atoms with van der Waals surface area (Å²) in [6.07, 6.45) is 6.27. The maximum absolute atomic E-state index is 12.8. The summed E-state index contributed by atoms with van der Waals surface area (Å²) in [5.74, 6) is 0.841. The Morgan fingerprint density at radius 2 is 2.07 bits per heavy atom. The van der Waals surface area contributed by atoms with Gasteiger partial charge in [0.15, 0.2) is 5.11 Å². The van der Waals surface area contributed by atoms with Gasteiger partial charge in [0.05, 0.1) is 19.4 Å². The SMILES string of the molecule is Cc1cc(C)c2cc(CN(C(=S)NCc3ccco3)C3CCCC3)c(=O)[nH]c2c1. The summed E-state index contributed by atoms with van der Waals surface area (Å²) < 4.78 is 5.40. The molecule has 2 aromatic heterocycles. The third-order valence-electron chi connectivity index (χ3n) is 5.75. The Kier molecular flexibility index (Phi) is 5.72. The van der Waals surface area contributed by atoms with Crippen LogP contribution in [0, 0.1) is 13.8 Å². The lowest BCUT2D eigenvalue weighted by atomic mass is 10.0. The highest BCUT2D eigenvalue weighted by Crippen LogP contribution is 2.26. The van der Waals surface area contributed by atoms with Crippen molar-refractivity contribution in [2.24, 2.45) is 0 Å². The summed E-state index contributed by atoms with van der Waals surface area (Å²) in [7, 11) is 0. The van der Waals surface area contributed by atoms with Crippen LogP contribution in [0.15, 0.2) is 45.8 Å². The van der Waals surface area contributed by atoms with Crippen molar-refractivity contribution < 1.29 is 4.42 Å². The first-order valence-corrected chi connectivity index (χ1v) is 10.6. The van der Waals surface area contributed by atoms with Gasteiger partial charge in [-0.25, -0.2) is 0 Å². The molecule has 5 nitrogen and oxygen atoms in total. The summed E-state index contributed by atoms with van der Waals surface area (Å²) in [5.41, 5.74) is 3.91. The van der Waals surface area contributed by atoms with E-state index in [1.54, 1.807) is 6.26 Å². The smallest absolute Gasteiger partial charge is 0.253 e. The van der Waals surface area contributed by atoms with E-state index in [4.69, 9.17) is 16.6 Å². The zero-order chi connectivity index (χ0) is 20.4. The molecule has 0 unspecified atom stereocenters. The minimum absolute atomic E-state index is 0.0423. The summed E-state index contributed by atoms with van der Waals surface area (Å²) in [6, 6.07) is 10.4. The molecule has 1 aliphatic carbocycles. The number of hydrogen-bond acceptors (Lipinski definition) is 3. The monoisotopic (exact) mass is 409 g/mol. The highest BCUT2D eigenvalue weighted by molar-refractivity contribution is 7.80. The molecule has 1 aromatic carbocycles. The van der Waals surface area contributed by atoms with E-state index in [1.165, 1.54) is 18.4 Å². The zero-order valence-electron chi connectivity index (χ0n) is 17.0. The van der Waals surface area contributed by atoms with Gasteiger partial charge in [0.2, 0.25) is 0 Å². The van der Waals surface area contributed by atoms with Crippen molar-refractivity contribution in [2.45, 2.75) is 58.7 Å². The topological polar surface area (TPSA) is 61.3 Å². The number of aromatic nitrogens is 1. The van der Waals surface area contributed by atoms with Crippen LogP contribution in [0.4, 0.5) is 0 Å². The van der Waals surface area contributed by atoms with Crippen molar-refractivity contribution >= 4 is 28.2 Å². The molecule has 0 amide bonds. The second-order valence-electron chi connectivity index (χ2n) is 7.97. The van der Waals surface area contributed by atoms with Crippen LogP contribution in [0.3, 0.4) is 0 Å². The molecule has 2 N–H and O–H groups in total. The highest BCUT2D eigenvalue weighted by Gasteiger charge is 2.25. The third-order valence-corrected chi connectivity index (χ3v) is 6.13. The van der Waals surface area contributed by atoms with Crippen molar-refractivity contribution in [3.63, 3.8) is 0 Å². The molecule has 1 aliphatic rings. The van der Waals surface area contributed by atoms with Crippen LogP contribution >= 0.6 is 12.2 Å². The van der Waals surface area contributed by atoms with E-state index >= 15 is 0 Å². The number of H-pyrrole nitrogens is 1. The summed E-state index contributed by atoms with van der Waals surface area (Å²) in [6.45, 7) is 5.18. The first-order valence-electron chi connectivity index (χ1n) is 10.2. The maximum Gasteiger partial charge on any atom is 0.253 e. The van der Waals surface area contributed by atoms with Gasteiger partial charge in [-0.1, -0.05) is 18.9 Å². The molecule has 3 aromatic rings. The van der Waals surface area contributed by atoms with Crippen LogP contribution in [-0.2, 0) is 13.1 Å². The maximum atomic E-state index is 12.8. The number of furan rings is 1. The standard InChI is InChI=1S/C23H27N3O2S/c1-15-10-16(2)20-12-17(22(27)25-21(20)11-15)14-26(18-6-3-4-7-18)23(29)24-13-19-8-5-9-28-19/h5,8-12,18H,3-4,6-7,13-14H2,1-2H3,(H,24,29)(H,25,27). The highest BCUT2D eigenvalue weighted by atomic mass is 32.1. The fourth-order valence-corrected chi connectivity index (χ4v) is 4.56. The predicted octanol–water partition coefficient (Wildman–Crippen LogP) is 4.56. The van der Waals surface area contributed by atoms with E-state index in [2.05, 4.69) is 28.2 Å². The Morgan fingerprint density at radius 3 is 2.79 bits per heavy atom. The normalized spacial score (nSPS) is 14.4. The Morgan fingerprint density at radius 1 is 1.28 bits per heavy atom. The van der Waals surface area contributed by atoms with E-state index in [9.17, 15) is 4.79 Å². The minimum atomic E-state index is -0.0423. The molecule has 0 bridgehead atoms. The first-order chi connectivity index (χ1) is 14.0. The third kappa shape index (κ3) is 4.37. The Labute approximate surface area is 176 Å². The lowest BCUT2D eigenvalue weighted by Gasteiger charge is -2.31. The van der Waals surface area contributed by atoms with Crippen LogP contribution in [0.5, 0.6) is 0 Å². The second kappa shape index (κ2) is 8.41. The van der Waals surface area contributed by atoms with Gasteiger partial charge in [-0.3, -0.25) is 4.79 Å². The van der Waals surface area contributed by atoms with Gasteiger partial charge >= 0.3 is 0 Å². The fraction of sp³-hybridized carbons (Fsp3) is 0.391. The van der Waals surface area contributed by atoms with Crippen molar-refractivity contribution in [1.82, 2.24) is 15.2 Å². The van der Waals surface area contributed by atoms with Crippen molar-refractivity contribution in [3.8, 4) is 0 Å². The zero-order valence-corrected chi connectivity index (χ0v) is 17.8. The molecule has 0 spiro atoms. The van der Waals surface area contributed by atoms with Gasteiger partial charge in [0.1, 0.15) is 5.76 Å². The van der Waals surface area contributed by atoms with Gasteiger partial charge in [0.25, 0.3) is 5.56 Å². The van der Waals surface area contributed by atoms with Crippen LogP contribution in [0.1, 0.15) is 48.1 Å². The quantitative estimate of drug-likeness (QED) is 0.605. The number of nitrogens with one attached hydrogen (secondary N) is 2. The number of pyridine rings is 1. The van der Waals surface area contributed by atoms with Crippen LogP contribution in [-0.4, -0.2) is 21.0 Å². The molecule has 0 saturated heterocycles. The molecule has 0 aliphatic heterocycles. The number of nitrogens with zero attached hydrogens (tertiary/aromatic N) is 1. The largest absolute Gasteiger partial charge is 0.467 e. The van der Waals surface area contributed by atoms with E-state index < -0.39 is 0 Å². The fourth-order valence-electron chi connectivity index (χ4n) is 4.28. The van der Waals surface area contributed by atoms with Gasteiger partial charge in [-0.2, -0.15) is 0 Å². The molecule has 152 valence electrons. The first kappa shape index (κ1) is 19.7. The van der Waals surface area contributed by atoms with E-state index in [1.807, 2.05) is 31.2 Å². The Hall–Kier alpha value is -2.60. The summed E-state index contributed by atoms with van der Waals surface area (Å²) in [5, 5.41) is 5.07. The molecule has 1 saturated carbocycles. The number of hydrogen-bond donors (Lipinski definition) is 2. The summed E-state index contributed by atoms with van der Waals surface area (Å²) in [4.78, 5) is 18.1. The Balaban J connectivity index is 1.60. The molecule has 6 heteroatoms. The molecule has 2 heterocycles. The number of rotatable bonds is 5. The predicted molar refractivity (Wildman–Crippen MR) is 120 cm³/mol. The number of benzene rings is 1. The van der Waals surface area contributed by atoms with Gasteiger partial charge < -0.3 is 19.6 Å². The molecule has 1 fully saturated rings. The van der Waals surface area contributed by atoms with Crippen molar-refractivity contribution in [1.29, 1.82) is 0 Å². The number of aromatic amines is 1. The number of aryl methyl sites for hydroxylation is 2. The van der Waals surface area contributed by atoms with Crippen LogP contribution in [0.25, 0.3) is 10.9 Å². The molecular formula is C23H27N3O2S. The average molecular weight is 410 g/mol. The Bertz CT molecular complexity index is 1070. The van der Waals surface area contributed by atoms with E-state index in [0.717, 1.165) is 40.6 Å². The molecule has 0 radical (unpaired) electrons. The molecule has 4 rings (SSSR count). The van der Waals surface area contributed by atoms with Crippen molar-refractivity contribution in [2.75, 3.05) is 0 Å². The summed E-state index contributed by atoms with van der Waals surface area (Å²) >= 11 is 5.73. The minimum Gasteiger partial charge on any atom is -0.467 e. The van der Waals surface area contributed by atoms with Crippen molar-refractivity contribution in [3.05, 3.63) is 69.4 Å². The molecule has 0 atom stereocenters. The van der Waals surface area contributed by atoms with Gasteiger partial charge in [-0.05, 0) is 74.3 Å². The van der Waals surface area contributed by atoms with Crippen LogP contribution in [0.2, 0.25) is 0 Å². The molecule has 29 heavy (non-hydrogen) atoms.